The lowest BCUT2D eigenvalue weighted by molar-refractivity contribution is 0.476. The van der Waals surface area contributed by atoms with Gasteiger partial charge in [-0.25, -0.2) is 4.99 Å². The normalized spacial score (nSPS) is 16.0. The summed E-state index contributed by atoms with van der Waals surface area (Å²) in [6.07, 6.45) is 4.88. The number of aromatic hydroxyl groups is 1. The summed E-state index contributed by atoms with van der Waals surface area (Å²) in [5.41, 5.74) is 1.90. The van der Waals surface area contributed by atoms with Gasteiger partial charge in [0, 0.05) is 10.9 Å². The second-order valence-electron chi connectivity index (χ2n) is 7.98. The molecule has 5 heteroatoms. The second kappa shape index (κ2) is 8.12. The first-order valence-corrected chi connectivity index (χ1v) is 10.2. The van der Waals surface area contributed by atoms with Crippen LogP contribution in [0.25, 0.3) is 0 Å². The van der Waals surface area contributed by atoms with Crippen molar-refractivity contribution >= 4 is 23.0 Å². The summed E-state index contributed by atoms with van der Waals surface area (Å²) in [6, 6.07) is 10.4. The van der Waals surface area contributed by atoms with Crippen LogP contribution in [0.5, 0.6) is 5.75 Å². The van der Waals surface area contributed by atoms with Crippen molar-refractivity contribution in [1.29, 1.82) is 0 Å². The van der Waals surface area contributed by atoms with Gasteiger partial charge in [0.05, 0.1) is 12.2 Å². The molecule has 0 atom stereocenters. The molecule has 1 aliphatic rings. The molecule has 1 aromatic carbocycles. The van der Waals surface area contributed by atoms with Gasteiger partial charge in [-0.3, -0.25) is 0 Å². The molecule has 3 rings (SSSR count). The number of rotatable bonds is 4. The van der Waals surface area contributed by atoms with Gasteiger partial charge >= 0.3 is 0 Å². The number of benzene rings is 1. The molecular formula is C21H29N3OS. The van der Waals surface area contributed by atoms with Gasteiger partial charge in [0.1, 0.15) is 5.75 Å². The summed E-state index contributed by atoms with van der Waals surface area (Å²) < 4.78 is 0. The van der Waals surface area contributed by atoms with Crippen molar-refractivity contribution in [3.05, 3.63) is 46.2 Å². The Labute approximate surface area is 160 Å². The van der Waals surface area contributed by atoms with Crippen molar-refractivity contribution in [2.75, 3.05) is 5.32 Å². The Morgan fingerprint density at radius 2 is 2.00 bits per heavy atom. The Morgan fingerprint density at radius 3 is 2.65 bits per heavy atom. The lowest BCUT2D eigenvalue weighted by atomic mass is 9.87. The molecule has 1 saturated carbocycles. The van der Waals surface area contributed by atoms with Crippen molar-refractivity contribution in [3.63, 3.8) is 0 Å². The molecule has 0 aliphatic heterocycles. The predicted octanol–water partition coefficient (Wildman–Crippen LogP) is 5.25. The van der Waals surface area contributed by atoms with Crippen molar-refractivity contribution in [2.24, 2.45) is 4.99 Å². The number of guanidine groups is 1. The van der Waals surface area contributed by atoms with Gasteiger partial charge in [-0.15, -0.1) is 11.3 Å². The molecular weight excluding hydrogens is 342 g/mol. The van der Waals surface area contributed by atoms with Crippen LogP contribution < -0.4 is 10.6 Å². The van der Waals surface area contributed by atoms with Gasteiger partial charge in [0.15, 0.2) is 5.96 Å². The second-order valence-corrected chi connectivity index (χ2v) is 9.01. The van der Waals surface area contributed by atoms with Crippen molar-refractivity contribution in [1.82, 2.24) is 5.32 Å². The van der Waals surface area contributed by atoms with E-state index < -0.39 is 0 Å². The van der Waals surface area contributed by atoms with Gasteiger partial charge in [-0.1, -0.05) is 45.7 Å². The standard InChI is InChI=1S/C21H29N3OS/c1-21(2,3)15-10-11-19(25)18(13-15)24-20(23-16-7-4-5-8-16)22-14-17-9-6-12-26-17/h6,9-13,16,25H,4-5,7-8,14H2,1-3H3,(H2,22,23,24). The highest BCUT2D eigenvalue weighted by atomic mass is 32.1. The van der Waals surface area contributed by atoms with Gasteiger partial charge < -0.3 is 15.7 Å². The smallest absolute Gasteiger partial charge is 0.196 e. The minimum absolute atomic E-state index is 0.0251. The summed E-state index contributed by atoms with van der Waals surface area (Å²) in [7, 11) is 0. The molecule has 0 bridgehead atoms. The molecule has 26 heavy (non-hydrogen) atoms. The van der Waals surface area contributed by atoms with Crippen LogP contribution in [0.3, 0.4) is 0 Å². The average Bonchev–Trinajstić information content (AvgIpc) is 3.27. The fourth-order valence-corrected chi connectivity index (χ4v) is 3.80. The van der Waals surface area contributed by atoms with Crippen molar-refractivity contribution in [3.8, 4) is 5.75 Å². The van der Waals surface area contributed by atoms with E-state index in [0.717, 1.165) is 5.96 Å². The maximum absolute atomic E-state index is 10.3. The number of aliphatic imine (C=N–C) groups is 1. The maximum atomic E-state index is 10.3. The Hall–Kier alpha value is -2.01. The fraction of sp³-hybridized carbons (Fsp3) is 0.476. The molecule has 1 fully saturated rings. The number of hydrogen-bond acceptors (Lipinski definition) is 3. The van der Waals surface area contributed by atoms with E-state index in [0.29, 0.717) is 18.3 Å². The zero-order chi connectivity index (χ0) is 18.6. The SMILES string of the molecule is CC(C)(C)c1ccc(O)c(NC(=NCc2cccs2)NC2CCCC2)c1. The molecule has 1 aromatic heterocycles. The monoisotopic (exact) mass is 371 g/mol. The molecule has 0 radical (unpaired) electrons. The number of phenolic OH excluding ortho intramolecular Hbond substituents is 1. The van der Waals surface area contributed by atoms with Crippen LogP contribution in [0.4, 0.5) is 5.69 Å². The Kier molecular flexibility index (Phi) is 5.87. The fourth-order valence-electron chi connectivity index (χ4n) is 3.17. The van der Waals surface area contributed by atoms with E-state index in [9.17, 15) is 5.11 Å². The minimum atomic E-state index is 0.0251. The van der Waals surface area contributed by atoms with Crippen LogP contribution in [0.1, 0.15) is 56.9 Å². The number of anilines is 1. The van der Waals surface area contributed by atoms with Gasteiger partial charge in [-0.05, 0) is 47.4 Å². The molecule has 3 N–H and O–H groups in total. The lowest BCUT2D eigenvalue weighted by Gasteiger charge is -2.22. The first-order valence-electron chi connectivity index (χ1n) is 9.36. The lowest BCUT2D eigenvalue weighted by Crippen LogP contribution is -2.37. The van der Waals surface area contributed by atoms with Crippen LogP contribution in [-0.4, -0.2) is 17.1 Å². The predicted molar refractivity (Wildman–Crippen MR) is 111 cm³/mol. The van der Waals surface area contributed by atoms with E-state index in [1.54, 1.807) is 17.4 Å². The number of nitrogens with zero attached hydrogens (tertiary/aromatic N) is 1. The molecule has 0 unspecified atom stereocenters. The summed E-state index contributed by atoms with van der Waals surface area (Å²) >= 11 is 1.71. The summed E-state index contributed by atoms with van der Waals surface area (Å²) in [5.74, 6) is 0.988. The highest BCUT2D eigenvalue weighted by Crippen LogP contribution is 2.31. The zero-order valence-electron chi connectivity index (χ0n) is 15.9. The van der Waals surface area contributed by atoms with Crippen LogP contribution in [0, 0.1) is 0 Å². The van der Waals surface area contributed by atoms with Crippen molar-refractivity contribution in [2.45, 2.75) is 64.5 Å². The van der Waals surface area contributed by atoms with Crippen LogP contribution in [0.2, 0.25) is 0 Å². The molecule has 2 aromatic rings. The summed E-state index contributed by atoms with van der Waals surface area (Å²) in [4.78, 5) is 5.98. The van der Waals surface area contributed by atoms with Crippen LogP contribution in [-0.2, 0) is 12.0 Å². The highest BCUT2D eigenvalue weighted by molar-refractivity contribution is 7.09. The first-order chi connectivity index (χ1) is 12.4. The molecule has 0 amide bonds. The quantitative estimate of drug-likeness (QED) is 0.391. The Balaban J connectivity index is 1.81. The number of phenols is 1. The van der Waals surface area contributed by atoms with E-state index in [4.69, 9.17) is 4.99 Å². The number of hydrogen-bond donors (Lipinski definition) is 3. The number of nitrogens with one attached hydrogen (secondary N) is 2. The third kappa shape index (κ3) is 5.01. The molecule has 0 spiro atoms. The average molecular weight is 372 g/mol. The largest absolute Gasteiger partial charge is 0.506 e. The number of thiophene rings is 1. The van der Waals surface area contributed by atoms with E-state index in [1.165, 1.54) is 36.1 Å². The van der Waals surface area contributed by atoms with Crippen LogP contribution in [0.15, 0.2) is 40.7 Å². The van der Waals surface area contributed by atoms with Crippen molar-refractivity contribution < 1.29 is 5.11 Å². The molecule has 1 heterocycles. The Morgan fingerprint density at radius 1 is 1.23 bits per heavy atom. The zero-order valence-corrected chi connectivity index (χ0v) is 16.7. The summed E-state index contributed by atoms with van der Waals surface area (Å²) in [6.45, 7) is 7.16. The van der Waals surface area contributed by atoms with E-state index >= 15 is 0 Å². The molecule has 0 saturated heterocycles. The maximum Gasteiger partial charge on any atom is 0.196 e. The minimum Gasteiger partial charge on any atom is -0.506 e. The van der Waals surface area contributed by atoms with Gasteiger partial charge in [0.25, 0.3) is 0 Å². The first kappa shape index (κ1) is 18.8. The van der Waals surface area contributed by atoms with Crippen LogP contribution >= 0.6 is 11.3 Å². The molecule has 4 nitrogen and oxygen atoms in total. The molecule has 1 aliphatic carbocycles. The topological polar surface area (TPSA) is 56.6 Å². The highest BCUT2D eigenvalue weighted by Gasteiger charge is 2.19. The van der Waals surface area contributed by atoms with Gasteiger partial charge in [0.2, 0.25) is 0 Å². The Bertz CT molecular complexity index is 741. The van der Waals surface area contributed by atoms with E-state index in [-0.39, 0.29) is 11.2 Å². The summed E-state index contributed by atoms with van der Waals surface area (Å²) in [5, 5.41) is 19.3. The molecule has 140 valence electrons. The van der Waals surface area contributed by atoms with E-state index in [1.807, 2.05) is 18.2 Å². The third-order valence-electron chi connectivity index (χ3n) is 4.78. The van der Waals surface area contributed by atoms with E-state index in [2.05, 4.69) is 42.9 Å². The third-order valence-corrected chi connectivity index (χ3v) is 5.65. The van der Waals surface area contributed by atoms with Gasteiger partial charge in [-0.2, -0.15) is 0 Å².